The standard InChI is InChI=1S/C16H27N3/c17-12-15(18-14-7-8-14)9-11-19-10-3-6-16(19)13-4-1-2-5-13/h13-16,18H,1-11H2. The minimum Gasteiger partial charge on any atom is -0.300 e. The van der Waals surface area contributed by atoms with Crippen LogP contribution in [0.15, 0.2) is 0 Å². The van der Waals surface area contributed by atoms with Crippen LogP contribution in [0.4, 0.5) is 0 Å². The average Bonchev–Trinajstić information content (AvgIpc) is 2.94. The second-order valence-electron chi connectivity index (χ2n) is 6.70. The number of rotatable bonds is 6. The molecule has 3 nitrogen and oxygen atoms in total. The van der Waals surface area contributed by atoms with E-state index >= 15 is 0 Å². The van der Waals surface area contributed by atoms with Crippen LogP contribution >= 0.6 is 0 Å². The molecule has 0 radical (unpaired) electrons. The van der Waals surface area contributed by atoms with Crippen molar-refractivity contribution in [1.29, 1.82) is 5.26 Å². The Kier molecular flexibility index (Phi) is 4.40. The number of nitrogens with one attached hydrogen (secondary N) is 1. The lowest BCUT2D eigenvalue weighted by Gasteiger charge is -2.30. The van der Waals surface area contributed by atoms with Gasteiger partial charge in [-0.3, -0.25) is 5.32 Å². The van der Waals surface area contributed by atoms with Crippen LogP contribution in [0.3, 0.4) is 0 Å². The fourth-order valence-electron chi connectivity index (χ4n) is 4.02. The zero-order valence-corrected chi connectivity index (χ0v) is 12.0. The Morgan fingerprint density at radius 1 is 1.11 bits per heavy atom. The first-order valence-electron chi connectivity index (χ1n) is 8.26. The van der Waals surface area contributed by atoms with E-state index in [-0.39, 0.29) is 6.04 Å². The molecule has 3 heteroatoms. The third kappa shape index (κ3) is 3.49. The normalized spacial score (nSPS) is 30.6. The summed E-state index contributed by atoms with van der Waals surface area (Å²) in [5.41, 5.74) is 0. The Bertz CT molecular complexity index is 325. The summed E-state index contributed by atoms with van der Waals surface area (Å²) in [6.07, 6.45) is 12.1. The second-order valence-corrected chi connectivity index (χ2v) is 6.70. The topological polar surface area (TPSA) is 39.1 Å². The maximum absolute atomic E-state index is 9.22. The molecule has 0 bridgehead atoms. The summed E-state index contributed by atoms with van der Waals surface area (Å²) in [7, 11) is 0. The van der Waals surface area contributed by atoms with Gasteiger partial charge in [-0.2, -0.15) is 5.26 Å². The molecule has 0 aromatic rings. The van der Waals surface area contributed by atoms with Gasteiger partial charge in [-0.15, -0.1) is 0 Å². The zero-order valence-electron chi connectivity index (χ0n) is 12.0. The molecule has 3 aliphatic rings. The van der Waals surface area contributed by atoms with Crippen molar-refractivity contribution in [1.82, 2.24) is 10.2 Å². The molecule has 19 heavy (non-hydrogen) atoms. The minimum atomic E-state index is 0.0809. The monoisotopic (exact) mass is 261 g/mol. The lowest BCUT2D eigenvalue weighted by Crippen LogP contribution is -2.39. The highest BCUT2D eigenvalue weighted by Gasteiger charge is 2.33. The fourth-order valence-corrected chi connectivity index (χ4v) is 4.02. The molecular weight excluding hydrogens is 234 g/mol. The number of nitrogens with zero attached hydrogens (tertiary/aromatic N) is 2. The van der Waals surface area contributed by atoms with Gasteiger partial charge in [0.1, 0.15) is 0 Å². The Morgan fingerprint density at radius 2 is 1.89 bits per heavy atom. The highest BCUT2D eigenvalue weighted by atomic mass is 15.2. The summed E-state index contributed by atoms with van der Waals surface area (Å²) in [4.78, 5) is 2.69. The molecule has 0 amide bonds. The quantitative estimate of drug-likeness (QED) is 0.799. The lowest BCUT2D eigenvalue weighted by molar-refractivity contribution is 0.185. The molecular formula is C16H27N3. The third-order valence-corrected chi connectivity index (χ3v) is 5.23. The number of hydrogen-bond acceptors (Lipinski definition) is 3. The predicted octanol–water partition coefficient (Wildman–Crippen LogP) is 2.68. The van der Waals surface area contributed by atoms with Crippen LogP contribution in [0.25, 0.3) is 0 Å². The van der Waals surface area contributed by atoms with Gasteiger partial charge in [-0.1, -0.05) is 12.8 Å². The van der Waals surface area contributed by atoms with Crippen LogP contribution in [-0.2, 0) is 0 Å². The van der Waals surface area contributed by atoms with E-state index in [9.17, 15) is 5.26 Å². The first-order chi connectivity index (χ1) is 9.36. The van der Waals surface area contributed by atoms with Gasteiger partial charge in [0, 0.05) is 18.6 Å². The lowest BCUT2D eigenvalue weighted by atomic mass is 9.96. The van der Waals surface area contributed by atoms with Gasteiger partial charge >= 0.3 is 0 Å². The van der Waals surface area contributed by atoms with E-state index in [1.807, 2.05) is 0 Å². The number of nitriles is 1. The van der Waals surface area contributed by atoms with E-state index in [4.69, 9.17) is 0 Å². The second kappa shape index (κ2) is 6.24. The molecule has 0 spiro atoms. The van der Waals surface area contributed by atoms with Gasteiger partial charge in [0.15, 0.2) is 0 Å². The summed E-state index contributed by atoms with van der Waals surface area (Å²) in [5, 5.41) is 12.7. The SMILES string of the molecule is N#CC(CCN1CCCC1C1CCCC1)NC1CC1. The molecule has 3 fully saturated rings. The molecule has 106 valence electrons. The molecule has 3 rings (SSSR count). The van der Waals surface area contributed by atoms with Gasteiger partial charge in [0.2, 0.25) is 0 Å². The molecule has 1 saturated heterocycles. The summed E-state index contributed by atoms with van der Waals surface area (Å²) in [5.74, 6) is 0.958. The van der Waals surface area contributed by atoms with Crippen LogP contribution in [0.5, 0.6) is 0 Å². The van der Waals surface area contributed by atoms with Crippen LogP contribution in [0.1, 0.15) is 57.8 Å². The predicted molar refractivity (Wildman–Crippen MR) is 76.7 cm³/mol. The molecule has 0 aromatic heterocycles. The molecule has 2 unspecified atom stereocenters. The van der Waals surface area contributed by atoms with Crippen molar-refractivity contribution in [2.24, 2.45) is 5.92 Å². The minimum absolute atomic E-state index is 0.0809. The Balaban J connectivity index is 1.46. The van der Waals surface area contributed by atoms with Gasteiger partial charge in [0.25, 0.3) is 0 Å². The summed E-state index contributed by atoms with van der Waals surface area (Å²) in [6.45, 7) is 2.39. The van der Waals surface area contributed by atoms with Crippen molar-refractivity contribution in [3.8, 4) is 6.07 Å². The highest BCUT2D eigenvalue weighted by molar-refractivity contribution is 4.97. The summed E-state index contributed by atoms with van der Waals surface area (Å²) >= 11 is 0. The van der Waals surface area contributed by atoms with Crippen molar-refractivity contribution in [2.75, 3.05) is 13.1 Å². The fraction of sp³-hybridized carbons (Fsp3) is 0.938. The van der Waals surface area contributed by atoms with Gasteiger partial charge in [-0.05, 0) is 57.4 Å². The van der Waals surface area contributed by atoms with E-state index < -0.39 is 0 Å². The van der Waals surface area contributed by atoms with Gasteiger partial charge in [0.05, 0.1) is 12.1 Å². The molecule has 2 saturated carbocycles. The smallest absolute Gasteiger partial charge is 0.0967 e. The van der Waals surface area contributed by atoms with E-state index in [0.29, 0.717) is 6.04 Å². The molecule has 2 atom stereocenters. The first kappa shape index (κ1) is 13.4. The van der Waals surface area contributed by atoms with E-state index in [0.717, 1.165) is 24.9 Å². The molecule has 1 heterocycles. The van der Waals surface area contributed by atoms with Crippen molar-refractivity contribution in [3.05, 3.63) is 0 Å². The number of hydrogen-bond donors (Lipinski definition) is 1. The Morgan fingerprint density at radius 3 is 2.58 bits per heavy atom. The first-order valence-corrected chi connectivity index (χ1v) is 8.26. The molecule has 1 aliphatic heterocycles. The summed E-state index contributed by atoms with van der Waals surface area (Å²) in [6, 6.07) is 4.01. The molecule has 0 aromatic carbocycles. The van der Waals surface area contributed by atoms with Crippen LogP contribution in [0, 0.1) is 17.2 Å². The van der Waals surface area contributed by atoms with Crippen LogP contribution in [0.2, 0.25) is 0 Å². The third-order valence-electron chi connectivity index (χ3n) is 5.23. The van der Waals surface area contributed by atoms with Crippen LogP contribution < -0.4 is 5.32 Å². The largest absolute Gasteiger partial charge is 0.300 e. The van der Waals surface area contributed by atoms with E-state index in [1.54, 1.807) is 0 Å². The van der Waals surface area contributed by atoms with Gasteiger partial charge < -0.3 is 4.90 Å². The van der Waals surface area contributed by atoms with Crippen molar-refractivity contribution >= 4 is 0 Å². The molecule has 1 N–H and O–H groups in total. The maximum atomic E-state index is 9.22. The van der Waals surface area contributed by atoms with Crippen molar-refractivity contribution in [2.45, 2.75) is 75.9 Å². The van der Waals surface area contributed by atoms with Crippen molar-refractivity contribution < 1.29 is 0 Å². The Labute approximate surface area is 117 Å². The van der Waals surface area contributed by atoms with E-state index in [2.05, 4.69) is 16.3 Å². The molecule has 2 aliphatic carbocycles. The van der Waals surface area contributed by atoms with Gasteiger partial charge in [-0.25, -0.2) is 0 Å². The average molecular weight is 261 g/mol. The maximum Gasteiger partial charge on any atom is 0.0967 e. The van der Waals surface area contributed by atoms with Crippen molar-refractivity contribution in [3.63, 3.8) is 0 Å². The van der Waals surface area contributed by atoms with E-state index in [1.165, 1.54) is 57.9 Å². The Hall–Kier alpha value is -0.590. The van der Waals surface area contributed by atoms with Crippen LogP contribution in [-0.4, -0.2) is 36.1 Å². The summed E-state index contributed by atoms with van der Waals surface area (Å²) < 4.78 is 0. The highest BCUT2D eigenvalue weighted by Crippen LogP contribution is 2.35. The number of likely N-dealkylation sites (tertiary alicyclic amines) is 1. The zero-order chi connectivity index (χ0) is 13.1.